The second-order valence-electron chi connectivity index (χ2n) is 5.36. The summed E-state index contributed by atoms with van der Waals surface area (Å²) in [7, 11) is 0. The van der Waals surface area contributed by atoms with Crippen LogP contribution in [0, 0.1) is 0 Å². The van der Waals surface area contributed by atoms with Crippen LogP contribution in [-0.4, -0.2) is 23.1 Å². The van der Waals surface area contributed by atoms with Crippen molar-refractivity contribution in [1.29, 1.82) is 0 Å². The van der Waals surface area contributed by atoms with Crippen molar-refractivity contribution in [3.05, 3.63) is 52.8 Å². The first kappa shape index (κ1) is 20.5. The molecule has 2 aromatic heterocycles. The molecule has 0 amide bonds. The Hall–Kier alpha value is -1.83. The van der Waals surface area contributed by atoms with Gasteiger partial charge in [0.2, 0.25) is 0 Å². The van der Waals surface area contributed by atoms with Crippen LogP contribution < -0.4 is 15.8 Å². The van der Waals surface area contributed by atoms with Gasteiger partial charge in [-0.2, -0.15) is 0 Å². The second kappa shape index (κ2) is 9.75. The number of ether oxygens (including phenoxy) is 1. The van der Waals surface area contributed by atoms with Crippen molar-refractivity contribution in [2.45, 2.75) is 13.3 Å². The molecule has 26 heavy (non-hydrogen) atoms. The summed E-state index contributed by atoms with van der Waals surface area (Å²) in [5, 5.41) is 4.01. The zero-order chi connectivity index (χ0) is 17.6. The Labute approximate surface area is 171 Å². The van der Waals surface area contributed by atoms with Crippen molar-refractivity contribution in [1.82, 2.24) is 9.97 Å². The minimum atomic E-state index is 0. The van der Waals surface area contributed by atoms with Gasteiger partial charge in [0.25, 0.3) is 0 Å². The van der Waals surface area contributed by atoms with Crippen LogP contribution in [0.5, 0.6) is 5.75 Å². The zero-order valence-corrected chi connectivity index (χ0v) is 17.5. The molecule has 0 bridgehead atoms. The number of benzene rings is 1. The van der Waals surface area contributed by atoms with Gasteiger partial charge in [-0.15, -0.1) is 23.7 Å². The fraction of sp³-hybridized carbons (Fsp3) is 0.222. The van der Waals surface area contributed by atoms with Gasteiger partial charge in [0.1, 0.15) is 17.1 Å². The summed E-state index contributed by atoms with van der Waals surface area (Å²) in [4.78, 5) is 9.60. The third-order valence-electron chi connectivity index (χ3n) is 3.58. The topological polar surface area (TPSA) is 73.1 Å². The van der Waals surface area contributed by atoms with Gasteiger partial charge in [0, 0.05) is 23.2 Å². The lowest BCUT2D eigenvalue weighted by molar-refractivity contribution is 0.343. The number of hydrogen-bond donors (Lipinski definition) is 2. The van der Waals surface area contributed by atoms with Crippen LogP contribution >= 0.6 is 39.7 Å². The summed E-state index contributed by atoms with van der Waals surface area (Å²) in [6.07, 6.45) is 2.49. The molecule has 3 aromatic rings. The summed E-state index contributed by atoms with van der Waals surface area (Å²) in [5.74, 6) is 1.51. The highest BCUT2D eigenvalue weighted by Crippen LogP contribution is 2.37. The zero-order valence-electron chi connectivity index (χ0n) is 14.2. The Morgan fingerprint density at radius 2 is 1.96 bits per heavy atom. The van der Waals surface area contributed by atoms with Gasteiger partial charge in [-0.25, -0.2) is 9.97 Å². The normalized spacial score (nSPS) is 10.2. The standard InChI is InChI=1S/C18H19BrN4OS.ClH/c1-2-24-15-10-16(25-18(15)20)14-9-17(23-11-22-14)21-8-7-12-3-5-13(19)6-4-12;/h3-6,9-11H,2,7-8,20H2,1H3,(H,21,22,23);1H. The van der Waals surface area contributed by atoms with Gasteiger partial charge in [-0.3, -0.25) is 0 Å². The van der Waals surface area contributed by atoms with Crippen LogP contribution in [0.1, 0.15) is 12.5 Å². The van der Waals surface area contributed by atoms with Gasteiger partial charge in [-0.05, 0) is 31.0 Å². The van der Waals surface area contributed by atoms with E-state index in [0.29, 0.717) is 17.4 Å². The summed E-state index contributed by atoms with van der Waals surface area (Å²) in [6.45, 7) is 3.33. The largest absolute Gasteiger partial charge is 0.491 e. The molecule has 5 nitrogen and oxygen atoms in total. The molecule has 0 saturated heterocycles. The molecule has 0 fully saturated rings. The van der Waals surface area contributed by atoms with E-state index in [-0.39, 0.29) is 12.4 Å². The van der Waals surface area contributed by atoms with Gasteiger partial charge in [-0.1, -0.05) is 28.1 Å². The Morgan fingerprint density at radius 3 is 2.69 bits per heavy atom. The molecule has 0 unspecified atom stereocenters. The molecule has 0 atom stereocenters. The van der Waals surface area contributed by atoms with Crippen LogP contribution in [0.4, 0.5) is 10.8 Å². The lowest BCUT2D eigenvalue weighted by atomic mass is 10.1. The number of aromatic nitrogens is 2. The fourth-order valence-corrected chi connectivity index (χ4v) is 3.46. The van der Waals surface area contributed by atoms with Crippen LogP contribution in [0.2, 0.25) is 0 Å². The van der Waals surface area contributed by atoms with Crippen molar-refractivity contribution in [3.63, 3.8) is 0 Å². The first-order valence-corrected chi connectivity index (χ1v) is 9.59. The number of rotatable bonds is 7. The highest BCUT2D eigenvalue weighted by molar-refractivity contribution is 9.10. The molecule has 1 aromatic carbocycles. The predicted octanol–water partition coefficient (Wildman–Crippen LogP) is 5.02. The van der Waals surface area contributed by atoms with E-state index in [1.807, 2.05) is 19.1 Å². The van der Waals surface area contributed by atoms with Crippen LogP contribution in [-0.2, 0) is 6.42 Å². The number of thiophene rings is 1. The monoisotopic (exact) mass is 454 g/mol. The van der Waals surface area contributed by atoms with E-state index >= 15 is 0 Å². The second-order valence-corrected chi connectivity index (χ2v) is 7.36. The molecular formula is C18H20BrClN4OS. The molecule has 0 aliphatic rings. The van der Waals surface area contributed by atoms with Crippen LogP contribution in [0.15, 0.2) is 47.2 Å². The van der Waals surface area contributed by atoms with Gasteiger partial charge in [0.05, 0.1) is 17.2 Å². The lowest BCUT2D eigenvalue weighted by Crippen LogP contribution is -2.06. The van der Waals surface area contributed by atoms with E-state index in [1.165, 1.54) is 16.9 Å². The first-order valence-electron chi connectivity index (χ1n) is 7.98. The Balaban J connectivity index is 0.00000243. The summed E-state index contributed by atoms with van der Waals surface area (Å²) >= 11 is 4.92. The highest BCUT2D eigenvalue weighted by Gasteiger charge is 2.10. The Morgan fingerprint density at radius 1 is 1.19 bits per heavy atom. The molecule has 0 saturated carbocycles. The fourth-order valence-electron chi connectivity index (χ4n) is 2.36. The minimum absolute atomic E-state index is 0. The number of nitrogens with two attached hydrogens (primary N) is 1. The number of nitrogens with zero attached hydrogens (tertiary/aromatic N) is 2. The molecule has 0 aliphatic carbocycles. The molecule has 0 aliphatic heterocycles. The molecular weight excluding hydrogens is 436 g/mol. The first-order chi connectivity index (χ1) is 12.2. The van der Waals surface area contributed by atoms with Gasteiger partial charge >= 0.3 is 0 Å². The number of halogens is 2. The average molecular weight is 456 g/mol. The van der Waals surface area contributed by atoms with Crippen molar-refractivity contribution in [2.75, 3.05) is 24.2 Å². The molecule has 2 heterocycles. The minimum Gasteiger partial charge on any atom is -0.491 e. The smallest absolute Gasteiger partial charge is 0.154 e. The highest BCUT2D eigenvalue weighted by atomic mass is 79.9. The third kappa shape index (κ3) is 5.33. The predicted molar refractivity (Wildman–Crippen MR) is 115 cm³/mol. The SMILES string of the molecule is CCOc1cc(-c2cc(NCCc3ccc(Br)cc3)ncn2)sc1N.Cl. The van der Waals surface area contributed by atoms with Crippen molar-refractivity contribution in [2.24, 2.45) is 0 Å². The molecule has 3 N–H and O–H groups in total. The number of nitrogen functional groups attached to an aromatic ring is 1. The van der Waals surface area contributed by atoms with Crippen LogP contribution in [0.25, 0.3) is 10.6 Å². The number of anilines is 2. The van der Waals surface area contributed by atoms with E-state index in [1.54, 1.807) is 6.33 Å². The summed E-state index contributed by atoms with van der Waals surface area (Å²) in [5.41, 5.74) is 8.10. The average Bonchev–Trinajstić information content (AvgIpc) is 2.98. The molecule has 138 valence electrons. The Bertz CT molecular complexity index is 841. The van der Waals surface area contributed by atoms with E-state index in [9.17, 15) is 0 Å². The van der Waals surface area contributed by atoms with Crippen LogP contribution in [0.3, 0.4) is 0 Å². The van der Waals surface area contributed by atoms with Crippen molar-refractivity contribution < 1.29 is 4.74 Å². The summed E-state index contributed by atoms with van der Waals surface area (Å²) in [6, 6.07) is 12.2. The maximum absolute atomic E-state index is 5.99. The summed E-state index contributed by atoms with van der Waals surface area (Å²) < 4.78 is 6.60. The number of hydrogen-bond acceptors (Lipinski definition) is 6. The van der Waals surface area contributed by atoms with E-state index in [0.717, 1.165) is 33.8 Å². The molecule has 0 radical (unpaired) electrons. The maximum Gasteiger partial charge on any atom is 0.154 e. The van der Waals surface area contributed by atoms with E-state index in [2.05, 4.69) is 55.5 Å². The third-order valence-corrected chi connectivity index (χ3v) is 5.07. The van der Waals surface area contributed by atoms with E-state index in [4.69, 9.17) is 10.5 Å². The van der Waals surface area contributed by atoms with Gasteiger partial charge in [0.15, 0.2) is 5.75 Å². The quantitative estimate of drug-likeness (QED) is 0.523. The lowest BCUT2D eigenvalue weighted by Gasteiger charge is -2.06. The molecule has 3 rings (SSSR count). The molecule has 8 heteroatoms. The van der Waals surface area contributed by atoms with Crippen molar-refractivity contribution in [3.8, 4) is 16.3 Å². The van der Waals surface area contributed by atoms with Gasteiger partial charge < -0.3 is 15.8 Å². The number of nitrogens with one attached hydrogen (secondary N) is 1. The van der Waals surface area contributed by atoms with Crippen molar-refractivity contribution >= 4 is 50.5 Å². The Kier molecular flexibility index (Phi) is 7.68. The molecule has 0 spiro atoms. The van der Waals surface area contributed by atoms with E-state index < -0.39 is 0 Å². The maximum atomic E-state index is 5.99.